The fourth-order valence-corrected chi connectivity index (χ4v) is 1.77. The zero-order valence-electron chi connectivity index (χ0n) is 6.49. The molecule has 0 radical (unpaired) electrons. The summed E-state index contributed by atoms with van der Waals surface area (Å²) >= 11 is 1.67. The summed E-state index contributed by atoms with van der Waals surface area (Å²) in [5.41, 5.74) is 1.12. The van der Waals surface area contributed by atoms with E-state index in [9.17, 15) is 0 Å². The number of furan rings is 1. The van der Waals surface area contributed by atoms with Crippen molar-refractivity contribution in [3.63, 3.8) is 0 Å². The van der Waals surface area contributed by atoms with Crippen LogP contribution >= 0.6 is 11.3 Å². The summed E-state index contributed by atoms with van der Waals surface area (Å²) in [6.07, 6.45) is 3.53. The van der Waals surface area contributed by atoms with Gasteiger partial charge >= 0.3 is 0 Å². The monoisotopic (exact) mass is 176 g/mol. The Balaban J connectivity index is 2.41. The van der Waals surface area contributed by atoms with Gasteiger partial charge in [0.05, 0.1) is 6.26 Å². The first-order valence-electron chi connectivity index (χ1n) is 3.65. The average molecular weight is 176 g/mol. The van der Waals surface area contributed by atoms with Crippen molar-refractivity contribution in [2.45, 2.75) is 0 Å². The Kier molecular flexibility index (Phi) is 1.84. The van der Waals surface area contributed by atoms with E-state index < -0.39 is 0 Å². The molecule has 0 aliphatic rings. The van der Waals surface area contributed by atoms with Crippen LogP contribution in [0, 0.1) is 0 Å². The lowest BCUT2D eigenvalue weighted by molar-refractivity contribution is 0.582. The highest BCUT2D eigenvalue weighted by Gasteiger charge is 2.01. The van der Waals surface area contributed by atoms with Crippen molar-refractivity contribution >= 4 is 17.4 Å². The minimum atomic E-state index is 0.916. The lowest BCUT2D eigenvalue weighted by Crippen LogP contribution is -1.63. The number of rotatable bonds is 2. The Bertz CT molecular complexity index is 370. The van der Waals surface area contributed by atoms with Gasteiger partial charge in [-0.25, -0.2) is 0 Å². The Morgan fingerprint density at radius 2 is 2.42 bits per heavy atom. The SMILES string of the molecule is C=Cc1cc(-c2ccco2)cs1. The fourth-order valence-electron chi connectivity index (χ4n) is 1.03. The van der Waals surface area contributed by atoms with E-state index >= 15 is 0 Å². The van der Waals surface area contributed by atoms with E-state index in [1.54, 1.807) is 17.6 Å². The Morgan fingerprint density at radius 1 is 1.50 bits per heavy atom. The predicted molar refractivity (Wildman–Crippen MR) is 52.1 cm³/mol. The van der Waals surface area contributed by atoms with E-state index in [0.29, 0.717) is 0 Å². The topological polar surface area (TPSA) is 13.1 Å². The van der Waals surface area contributed by atoms with Crippen LogP contribution in [0.5, 0.6) is 0 Å². The van der Waals surface area contributed by atoms with E-state index in [4.69, 9.17) is 4.42 Å². The van der Waals surface area contributed by atoms with Gasteiger partial charge in [-0.2, -0.15) is 0 Å². The van der Waals surface area contributed by atoms with Crippen LogP contribution < -0.4 is 0 Å². The molecule has 2 aromatic heterocycles. The van der Waals surface area contributed by atoms with Gasteiger partial charge in [0.2, 0.25) is 0 Å². The first kappa shape index (κ1) is 7.37. The molecule has 0 saturated carbocycles. The van der Waals surface area contributed by atoms with Gasteiger partial charge in [0, 0.05) is 15.8 Å². The van der Waals surface area contributed by atoms with E-state index in [-0.39, 0.29) is 0 Å². The minimum Gasteiger partial charge on any atom is -0.464 e. The molecular weight excluding hydrogens is 168 g/mol. The molecule has 2 rings (SSSR count). The van der Waals surface area contributed by atoms with Gasteiger partial charge in [-0.15, -0.1) is 11.3 Å². The molecule has 1 nitrogen and oxygen atoms in total. The Morgan fingerprint density at radius 3 is 3.00 bits per heavy atom. The van der Waals surface area contributed by atoms with E-state index in [2.05, 4.69) is 18.0 Å². The highest BCUT2D eigenvalue weighted by molar-refractivity contribution is 7.11. The van der Waals surface area contributed by atoms with Crippen molar-refractivity contribution in [3.05, 3.63) is 41.3 Å². The van der Waals surface area contributed by atoms with Crippen molar-refractivity contribution in [3.8, 4) is 11.3 Å². The number of thiophene rings is 1. The fraction of sp³-hybridized carbons (Fsp3) is 0. The maximum absolute atomic E-state index is 5.25. The van der Waals surface area contributed by atoms with Gasteiger partial charge in [0.25, 0.3) is 0 Å². The van der Waals surface area contributed by atoms with Gasteiger partial charge in [-0.05, 0) is 18.2 Å². The van der Waals surface area contributed by atoms with Crippen molar-refractivity contribution in [1.82, 2.24) is 0 Å². The largest absolute Gasteiger partial charge is 0.464 e. The molecule has 0 aliphatic heterocycles. The molecule has 2 heterocycles. The number of hydrogen-bond acceptors (Lipinski definition) is 2. The second-order valence-electron chi connectivity index (χ2n) is 2.42. The maximum atomic E-state index is 5.25. The maximum Gasteiger partial charge on any atom is 0.134 e. The Hall–Kier alpha value is -1.28. The average Bonchev–Trinajstić information content (AvgIpc) is 2.75. The number of hydrogen-bond donors (Lipinski definition) is 0. The standard InChI is InChI=1S/C10H8OS/c1-2-9-6-8(7-12-9)10-4-3-5-11-10/h2-7H,1H2. The Labute approximate surface area is 75.0 Å². The lowest BCUT2D eigenvalue weighted by Gasteiger charge is -1.86. The van der Waals surface area contributed by atoms with Crippen LogP contribution in [0.1, 0.15) is 4.88 Å². The summed E-state index contributed by atoms with van der Waals surface area (Å²) in [4.78, 5) is 1.17. The molecule has 0 fully saturated rings. The van der Waals surface area contributed by atoms with Gasteiger partial charge in [-0.3, -0.25) is 0 Å². The molecule has 0 aliphatic carbocycles. The zero-order valence-corrected chi connectivity index (χ0v) is 7.30. The third kappa shape index (κ3) is 1.21. The third-order valence-corrected chi connectivity index (χ3v) is 2.56. The van der Waals surface area contributed by atoms with Crippen molar-refractivity contribution < 1.29 is 4.42 Å². The van der Waals surface area contributed by atoms with Crippen LogP contribution in [-0.4, -0.2) is 0 Å². The highest BCUT2D eigenvalue weighted by Crippen LogP contribution is 2.26. The second-order valence-corrected chi connectivity index (χ2v) is 3.36. The van der Waals surface area contributed by atoms with E-state index in [1.165, 1.54) is 4.88 Å². The first-order chi connectivity index (χ1) is 5.90. The molecule has 0 spiro atoms. The van der Waals surface area contributed by atoms with Crippen molar-refractivity contribution in [2.75, 3.05) is 0 Å². The van der Waals surface area contributed by atoms with E-state index in [0.717, 1.165) is 11.3 Å². The normalized spacial score (nSPS) is 10.0. The molecule has 12 heavy (non-hydrogen) atoms. The summed E-state index contributed by atoms with van der Waals surface area (Å²) in [6, 6.07) is 5.91. The molecule has 0 unspecified atom stereocenters. The summed E-state index contributed by atoms with van der Waals surface area (Å²) < 4.78 is 5.25. The van der Waals surface area contributed by atoms with Crippen LogP contribution in [0.25, 0.3) is 17.4 Å². The van der Waals surface area contributed by atoms with Gasteiger partial charge in [-0.1, -0.05) is 12.7 Å². The van der Waals surface area contributed by atoms with Crippen LogP contribution in [-0.2, 0) is 0 Å². The van der Waals surface area contributed by atoms with Crippen LogP contribution in [0.15, 0.2) is 40.8 Å². The molecule has 60 valence electrons. The van der Waals surface area contributed by atoms with Crippen molar-refractivity contribution in [2.24, 2.45) is 0 Å². The van der Waals surface area contributed by atoms with Crippen molar-refractivity contribution in [1.29, 1.82) is 0 Å². The van der Waals surface area contributed by atoms with Gasteiger partial charge in [0.1, 0.15) is 5.76 Å². The molecule has 0 N–H and O–H groups in total. The van der Waals surface area contributed by atoms with Crippen LogP contribution in [0.4, 0.5) is 0 Å². The molecule has 2 heteroatoms. The molecule has 2 aromatic rings. The quantitative estimate of drug-likeness (QED) is 0.680. The lowest BCUT2D eigenvalue weighted by atomic mass is 10.2. The first-order valence-corrected chi connectivity index (χ1v) is 4.53. The summed E-state index contributed by atoms with van der Waals surface area (Å²) in [7, 11) is 0. The van der Waals surface area contributed by atoms with Crippen LogP contribution in [0.2, 0.25) is 0 Å². The van der Waals surface area contributed by atoms with E-state index in [1.807, 2.05) is 18.2 Å². The predicted octanol–water partition coefficient (Wildman–Crippen LogP) is 3.65. The summed E-state index contributed by atoms with van der Waals surface area (Å²) in [5.74, 6) is 0.916. The molecule has 0 bridgehead atoms. The smallest absolute Gasteiger partial charge is 0.134 e. The molecular formula is C10H8OS. The molecule has 0 atom stereocenters. The van der Waals surface area contributed by atoms with Gasteiger partial charge in [0.15, 0.2) is 0 Å². The van der Waals surface area contributed by atoms with Gasteiger partial charge < -0.3 is 4.42 Å². The highest BCUT2D eigenvalue weighted by atomic mass is 32.1. The summed E-state index contributed by atoms with van der Waals surface area (Å²) in [5, 5.41) is 2.07. The molecule has 0 amide bonds. The second kappa shape index (κ2) is 2.99. The molecule has 0 saturated heterocycles. The summed E-state index contributed by atoms with van der Waals surface area (Å²) in [6.45, 7) is 3.71. The zero-order chi connectivity index (χ0) is 8.39. The molecule has 0 aromatic carbocycles. The third-order valence-electron chi connectivity index (χ3n) is 1.63. The minimum absolute atomic E-state index is 0.916. The van der Waals surface area contributed by atoms with Crippen LogP contribution in [0.3, 0.4) is 0 Å².